The zero-order valence-corrected chi connectivity index (χ0v) is 16.5. The van der Waals surface area contributed by atoms with Crippen LogP contribution in [0.25, 0.3) is 32.9 Å². The van der Waals surface area contributed by atoms with Gasteiger partial charge in [-0.3, -0.25) is 0 Å². The molecule has 1 N–H and O–H groups in total. The molecular weight excluding hydrogens is 372 g/mol. The first kappa shape index (κ1) is 16.6. The third-order valence-electron chi connectivity index (χ3n) is 5.50. The van der Waals surface area contributed by atoms with Crippen LogP contribution in [-0.4, -0.2) is 4.98 Å². The number of anilines is 1. The Morgan fingerprint density at radius 1 is 0.724 bits per heavy atom. The topological polar surface area (TPSA) is 24.9 Å². The second kappa shape index (κ2) is 6.64. The average molecular weight is 391 g/mol. The van der Waals surface area contributed by atoms with E-state index >= 15 is 0 Å². The van der Waals surface area contributed by atoms with E-state index in [1.165, 1.54) is 32.3 Å². The van der Waals surface area contributed by atoms with Crippen molar-refractivity contribution in [2.75, 3.05) is 5.32 Å². The third-order valence-corrected chi connectivity index (χ3v) is 6.72. The van der Waals surface area contributed by atoms with Gasteiger partial charge in [-0.2, -0.15) is 0 Å². The highest BCUT2D eigenvalue weighted by Gasteiger charge is 2.24. The molecule has 0 radical (unpaired) electrons. The highest BCUT2D eigenvalue weighted by atomic mass is 32.2. The highest BCUT2D eigenvalue weighted by Crippen LogP contribution is 2.49. The number of pyridine rings is 1. The number of rotatable bonds is 2. The van der Waals surface area contributed by atoms with E-state index in [2.05, 4.69) is 96.3 Å². The minimum Gasteiger partial charge on any atom is -0.368 e. The molecule has 1 aliphatic heterocycles. The van der Waals surface area contributed by atoms with Crippen LogP contribution in [0.15, 0.2) is 102 Å². The Bertz CT molecular complexity index is 1360. The van der Waals surface area contributed by atoms with Gasteiger partial charge < -0.3 is 5.32 Å². The summed E-state index contributed by atoms with van der Waals surface area (Å²) < 4.78 is 0. The van der Waals surface area contributed by atoms with Crippen LogP contribution in [0.1, 0.15) is 10.9 Å². The van der Waals surface area contributed by atoms with Crippen molar-refractivity contribution < 1.29 is 0 Å². The number of hydrogen-bond acceptors (Lipinski definition) is 3. The molecule has 29 heavy (non-hydrogen) atoms. The molecule has 0 saturated carbocycles. The smallest absolute Gasteiger partial charge is 0.103 e. The van der Waals surface area contributed by atoms with Crippen LogP contribution < -0.4 is 5.32 Å². The van der Waals surface area contributed by atoms with Crippen LogP contribution >= 0.6 is 11.8 Å². The summed E-state index contributed by atoms with van der Waals surface area (Å²) in [5, 5.41) is 7.66. The number of benzene rings is 4. The standard InChI is InChI=1S/C26H18N2S/c1-2-7-19(8-3-1)26-28-25-21-16-20(11-10-17(21)13-15-24(25)29-26)23-14-12-18-6-4-5-9-22(18)27-23/h1-16,26,28H. The van der Waals surface area contributed by atoms with Crippen molar-refractivity contribution in [3.8, 4) is 11.3 Å². The summed E-state index contributed by atoms with van der Waals surface area (Å²) in [7, 11) is 0. The van der Waals surface area contributed by atoms with Gasteiger partial charge in [0.15, 0.2) is 0 Å². The normalized spacial score (nSPS) is 15.4. The van der Waals surface area contributed by atoms with E-state index in [-0.39, 0.29) is 5.37 Å². The molecule has 1 aliphatic rings. The number of aromatic nitrogens is 1. The maximum absolute atomic E-state index is 4.88. The molecule has 0 aliphatic carbocycles. The Balaban J connectivity index is 1.45. The van der Waals surface area contributed by atoms with Crippen molar-refractivity contribution in [2.24, 2.45) is 0 Å². The molecule has 1 aromatic heterocycles. The molecule has 4 aromatic carbocycles. The number of fused-ring (bicyclic) bond motifs is 4. The SMILES string of the molecule is c1ccc(C2Nc3c(ccc4ccc(-c5ccc6ccccc6n5)cc34)S2)cc1. The molecule has 1 unspecified atom stereocenters. The van der Waals surface area contributed by atoms with E-state index < -0.39 is 0 Å². The quantitative estimate of drug-likeness (QED) is 0.343. The van der Waals surface area contributed by atoms with Crippen molar-refractivity contribution in [1.82, 2.24) is 4.98 Å². The molecular formula is C26H18N2S. The molecule has 5 aromatic rings. The second-order valence-corrected chi connectivity index (χ2v) is 8.46. The van der Waals surface area contributed by atoms with Crippen LogP contribution in [0.4, 0.5) is 5.69 Å². The van der Waals surface area contributed by atoms with Gasteiger partial charge in [0.05, 0.1) is 16.9 Å². The molecule has 2 heterocycles. The minimum absolute atomic E-state index is 0.249. The van der Waals surface area contributed by atoms with E-state index in [9.17, 15) is 0 Å². The summed E-state index contributed by atoms with van der Waals surface area (Å²) in [6.45, 7) is 0. The zero-order valence-electron chi connectivity index (χ0n) is 15.7. The molecule has 0 saturated heterocycles. The van der Waals surface area contributed by atoms with Gasteiger partial charge in [-0.1, -0.05) is 84.6 Å². The third kappa shape index (κ3) is 2.86. The Labute approximate surface area is 173 Å². The van der Waals surface area contributed by atoms with Crippen molar-refractivity contribution in [2.45, 2.75) is 10.3 Å². The van der Waals surface area contributed by atoms with Gasteiger partial charge >= 0.3 is 0 Å². The van der Waals surface area contributed by atoms with Crippen LogP contribution in [0.3, 0.4) is 0 Å². The molecule has 138 valence electrons. The lowest BCUT2D eigenvalue weighted by Crippen LogP contribution is -2.00. The highest BCUT2D eigenvalue weighted by molar-refractivity contribution is 8.00. The fourth-order valence-corrected chi connectivity index (χ4v) is 5.16. The van der Waals surface area contributed by atoms with Crippen LogP contribution in [0, 0.1) is 0 Å². The average Bonchev–Trinajstić information content (AvgIpc) is 3.24. The van der Waals surface area contributed by atoms with Gasteiger partial charge in [0.2, 0.25) is 0 Å². The van der Waals surface area contributed by atoms with Crippen molar-refractivity contribution in [3.63, 3.8) is 0 Å². The van der Waals surface area contributed by atoms with Gasteiger partial charge in [0.25, 0.3) is 0 Å². The Hall–Kier alpha value is -3.30. The van der Waals surface area contributed by atoms with Crippen LogP contribution in [0.5, 0.6) is 0 Å². The van der Waals surface area contributed by atoms with Crippen molar-refractivity contribution >= 4 is 39.1 Å². The molecule has 6 rings (SSSR count). The number of thioether (sulfide) groups is 1. The maximum atomic E-state index is 4.88. The lowest BCUT2D eigenvalue weighted by atomic mass is 10.0. The van der Waals surface area contributed by atoms with Crippen molar-refractivity contribution in [1.29, 1.82) is 0 Å². The minimum atomic E-state index is 0.249. The fraction of sp³-hybridized carbons (Fsp3) is 0.0385. The molecule has 0 bridgehead atoms. The van der Waals surface area contributed by atoms with Crippen LogP contribution in [0.2, 0.25) is 0 Å². The Morgan fingerprint density at radius 2 is 1.52 bits per heavy atom. The summed E-state index contributed by atoms with van der Waals surface area (Å²) in [6.07, 6.45) is 0. The number of hydrogen-bond donors (Lipinski definition) is 1. The van der Waals surface area contributed by atoms with E-state index in [0.29, 0.717) is 0 Å². The first-order valence-corrected chi connectivity index (χ1v) is 10.6. The maximum Gasteiger partial charge on any atom is 0.103 e. The first-order valence-electron chi connectivity index (χ1n) is 9.76. The van der Waals surface area contributed by atoms with E-state index in [0.717, 1.165) is 16.8 Å². The molecule has 2 nitrogen and oxygen atoms in total. The largest absolute Gasteiger partial charge is 0.368 e. The van der Waals surface area contributed by atoms with Gasteiger partial charge in [-0.25, -0.2) is 4.98 Å². The summed E-state index contributed by atoms with van der Waals surface area (Å²) >= 11 is 1.88. The van der Waals surface area contributed by atoms with Crippen molar-refractivity contribution in [3.05, 3.63) is 103 Å². The summed E-state index contributed by atoms with van der Waals surface area (Å²) in [5.74, 6) is 0. The lowest BCUT2D eigenvalue weighted by Gasteiger charge is -2.12. The predicted molar refractivity (Wildman–Crippen MR) is 123 cm³/mol. The Morgan fingerprint density at radius 3 is 2.45 bits per heavy atom. The first-order chi connectivity index (χ1) is 14.3. The van der Waals surface area contributed by atoms with Crippen LogP contribution in [-0.2, 0) is 0 Å². The van der Waals surface area contributed by atoms with Gasteiger partial charge in [0.1, 0.15) is 5.37 Å². The number of nitrogens with one attached hydrogen (secondary N) is 1. The monoisotopic (exact) mass is 390 g/mol. The summed E-state index contributed by atoms with van der Waals surface area (Å²) in [4.78, 5) is 6.18. The van der Waals surface area contributed by atoms with Gasteiger partial charge in [0, 0.05) is 21.2 Å². The zero-order chi connectivity index (χ0) is 19.2. The predicted octanol–water partition coefficient (Wildman–Crippen LogP) is 7.27. The summed E-state index contributed by atoms with van der Waals surface area (Å²) in [6, 6.07) is 34.2. The molecule has 0 spiro atoms. The molecule has 0 amide bonds. The van der Waals surface area contributed by atoms with E-state index in [4.69, 9.17) is 4.98 Å². The number of nitrogens with zero attached hydrogens (tertiary/aromatic N) is 1. The summed E-state index contributed by atoms with van der Waals surface area (Å²) in [5.41, 5.74) is 5.71. The molecule has 3 heteroatoms. The Kier molecular flexibility index (Phi) is 3.81. The van der Waals surface area contributed by atoms with Gasteiger partial charge in [-0.15, -0.1) is 0 Å². The molecule has 1 atom stereocenters. The fourth-order valence-electron chi connectivity index (χ4n) is 4.00. The van der Waals surface area contributed by atoms with E-state index in [1.807, 2.05) is 17.8 Å². The molecule has 0 fully saturated rings. The second-order valence-electron chi connectivity index (χ2n) is 7.32. The lowest BCUT2D eigenvalue weighted by molar-refractivity contribution is 1.14. The number of para-hydroxylation sites is 1. The van der Waals surface area contributed by atoms with E-state index in [1.54, 1.807) is 0 Å². The van der Waals surface area contributed by atoms with Gasteiger partial charge in [-0.05, 0) is 35.2 Å².